The van der Waals surface area contributed by atoms with Crippen molar-refractivity contribution in [2.75, 3.05) is 12.1 Å². The summed E-state index contributed by atoms with van der Waals surface area (Å²) in [5, 5.41) is 15.6. The van der Waals surface area contributed by atoms with Crippen LogP contribution in [0.4, 0.5) is 5.69 Å². The van der Waals surface area contributed by atoms with E-state index in [2.05, 4.69) is 16.2 Å². The van der Waals surface area contributed by atoms with Crippen LogP contribution in [0.1, 0.15) is 53.1 Å². The number of hydrogen-bond acceptors (Lipinski definition) is 5. The first-order valence-electron chi connectivity index (χ1n) is 8.53. The van der Waals surface area contributed by atoms with E-state index in [0.29, 0.717) is 24.4 Å². The van der Waals surface area contributed by atoms with Crippen LogP contribution in [0.15, 0.2) is 34.3 Å². The molecule has 2 heterocycles. The van der Waals surface area contributed by atoms with E-state index in [-0.39, 0.29) is 11.6 Å². The molecule has 1 atom stereocenters. The SMILES string of the molecule is Cc1ccc(N(C)N=C2CCC(C)n3c2ncc(C(=O)O)c3=O)c(C)c1. The van der Waals surface area contributed by atoms with Crippen LogP contribution in [0.25, 0.3) is 0 Å². The van der Waals surface area contributed by atoms with Crippen LogP contribution in [-0.4, -0.2) is 33.4 Å². The van der Waals surface area contributed by atoms with Gasteiger partial charge in [-0.15, -0.1) is 0 Å². The Morgan fingerprint density at radius 1 is 1.38 bits per heavy atom. The highest BCUT2D eigenvalue weighted by atomic mass is 16.4. The van der Waals surface area contributed by atoms with Gasteiger partial charge in [0.25, 0.3) is 5.56 Å². The zero-order valence-electron chi connectivity index (χ0n) is 15.4. The van der Waals surface area contributed by atoms with Gasteiger partial charge in [0.2, 0.25) is 0 Å². The molecule has 1 aromatic carbocycles. The highest BCUT2D eigenvalue weighted by Gasteiger charge is 2.26. The number of aromatic carboxylic acids is 1. The number of carboxylic acid groups (broad SMARTS) is 1. The van der Waals surface area contributed by atoms with Crippen molar-refractivity contribution >= 4 is 17.4 Å². The summed E-state index contributed by atoms with van der Waals surface area (Å²) in [6.07, 6.45) is 2.51. The standard InChI is InChI=1S/C19H22N4O3/c1-11-5-8-16(12(2)9-11)22(4)21-15-7-6-13(3)23-17(15)20-10-14(18(23)24)19(25)26/h5,8-10,13H,6-7H2,1-4H3,(H,25,26). The first kappa shape index (κ1) is 17.8. The van der Waals surface area contributed by atoms with Crippen molar-refractivity contribution < 1.29 is 9.90 Å². The van der Waals surface area contributed by atoms with Gasteiger partial charge in [-0.1, -0.05) is 17.7 Å². The predicted octanol–water partition coefficient (Wildman–Crippen LogP) is 2.75. The molecule has 1 unspecified atom stereocenters. The highest BCUT2D eigenvalue weighted by molar-refractivity contribution is 5.99. The summed E-state index contributed by atoms with van der Waals surface area (Å²) >= 11 is 0. The molecule has 7 nitrogen and oxygen atoms in total. The number of aromatic nitrogens is 2. The number of hydrazone groups is 1. The van der Waals surface area contributed by atoms with E-state index in [1.807, 2.05) is 40.0 Å². The Morgan fingerprint density at radius 3 is 2.77 bits per heavy atom. The van der Waals surface area contributed by atoms with E-state index < -0.39 is 11.5 Å². The summed E-state index contributed by atoms with van der Waals surface area (Å²) in [5.74, 6) is -0.822. The minimum absolute atomic E-state index is 0.116. The summed E-state index contributed by atoms with van der Waals surface area (Å²) in [4.78, 5) is 28.0. The van der Waals surface area contributed by atoms with Gasteiger partial charge >= 0.3 is 5.97 Å². The smallest absolute Gasteiger partial charge is 0.342 e. The zero-order chi connectivity index (χ0) is 19.0. The number of carbonyl (C=O) groups is 1. The van der Waals surface area contributed by atoms with E-state index in [4.69, 9.17) is 0 Å². The fraction of sp³-hybridized carbons (Fsp3) is 0.368. The molecule has 0 aliphatic carbocycles. The lowest BCUT2D eigenvalue weighted by Gasteiger charge is -2.26. The normalized spacial score (nSPS) is 17.8. The van der Waals surface area contributed by atoms with Crippen molar-refractivity contribution in [3.05, 3.63) is 57.3 Å². The van der Waals surface area contributed by atoms with E-state index >= 15 is 0 Å². The molecule has 0 bridgehead atoms. The molecule has 1 aromatic heterocycles. The number of nitrogens with zero attached hydrogens (tertiary/aromatic N) is 4. The second kappa shape index (κ2) is 6.74. The molecule has 0 amide bonds. The summed E-state index contributed by atoms with van der Waals surface area (Å²) in [7, 11) is 1.86. The molecular formula is C19H22N4O3. The summed E-state index contributed by atoms with van der Waals surface area (Å²) in [6, 6.07) is 6.01. The average Bonchev–Trinajstić information content (AvgIpc) is 2.56. The van der Waals surface area contributed by atoms with Crippen molar-refractivity contribution in [1.29, 1.82) is 0 Å². The highest BCUT2D eigenvalue weighted by Crippen LogP contribution is 2.25. The third-order valence-electron chi connectivity index (χ3n) is 4.69. The molecular weight excluding hydrogens is 332 g/mol. The molecule has 0 saturated heterocycles. The molecule has 0 fully saturated rings. The van der Waals surface area contributed by atoms with Crippen molar-refractivity contribution in [3.8, 4) is 0 Å². The quantitative estimate of drug-likeness (QED) is 0.856. The van der Waals surface area contributed by atoms with E-state index in [9.17, 15) is 14.7 Å². The van der Waals surface area contributed by atoms with Gasteiger partial charge in [0.05, 0.1) is 5.69 Å². The molecule has 26 heavy (non-hydrogen) atoms. The van der Waals surface area contributed by atoms with Gasteiger partial charge in [-0.05, 0) is 45.2 Å². The molecule has 1 N–H and O–H groups in total. The number of aryl methyl sites for hydroxylation is 2. The fourth-order valence-electron chi connectivity index (χ4n) is 3.32. The molecule has 1 aliphatic rings. The van der Waals surface area contributed by atoms with Gasteiger partial charge < -0.3 is 5.11 Å². The number of anilines is 1. The maximum atomic E-state index is 12.5. The second-order valence-electron chi connectivity index (χ2n) is 6.72. The van der Waals surface area contributed by atoms with Crippen LogP contribution in [0.3, 0.4) is 0 Å². The summed E-state index contributed by atoms with van der Waals surface area (Å²) in [6.45, 7) is 5.96. The molecule has 2 aromatic rings. The van der Waals surface area contributed by atoms with Crippen molar-refractivity contribution in [3.63, 3.8) is 0 Å². The maximum Gasteiger partial charge on any atom is 0.342 e. The van der Waals surface area contributed by atoms with Gasteiger partial charge in [0.15, 0.2) is 5.82 Å². The van der Waals surface area contributed by atoms with Gasteiger partial charge in [0.1, 0.15) is 11.3 Å². The van der Waals surface area contributed by atoms with Crippen LogP contribution in [0.5, 0.6) is 0 Å². The molecule has 1 aliphatic heterocycles. The van der Waals surface area contributed by atoms with Crippen LogP contribution in [0, 0.1) is 13.8 Å². The molecule has 7 heteroatoms. The van der Waals surface area contributed by atoms with Gasteiger partial charge in [-0.3, -0.25) is 14.4 Å². The Hall–Kier alpha value is -2.96. The second-order valence-corrected chi connectivity index (χ2v) is 6.72. The minimum atomic E-state index is -1.26. The van der Waals surface area contributed by atoms with Crippen molar-refractivity contribution in [2.45, 2.75) is 39.7 Å². The van der Waals surface area contributed by atoms with Crippen LogP contribution >= 0.6 is 0 Å². The minimum Gasteiger partial charge on any atom is -0.477 e. The predicted molar refractivity (Wildman–Crippen MR) is 100 cm³/mol. The number of hydrogen-bond donors (Lipinski definition) is 1. The van der Waals surface area contributed by atoms with Crippen LogP contribution in [-0.2, 0) is 0 Å². The Kier molecular flexibility index (Phi) is 4.63. The lowest BCUT2D eigenvalue weighted by molar-refractivity contribution is 0.0693. The third kappa shape index (κ3) is 3.12. The van der Waals surface area contributed by atoms with Gasteiger partial charge in [0, 0.05) is 19.3 Å². The van der Waals surface area contributed by atoms with E-state index in [1.54, 1.807) is 5.01 Å². The number of carboxylic acids is 1. The zero-order valence-corrected chi connectivity index (χ0v) is 15.4. The lowest BCUT2D eigenvalue weighted by atomic mass is 10.0. The Balaban J connectivity index is 2.07. The summed E-state index contributed by atoms with van der Waals surface area (Å²) < 4.78 is 1.45. The number of benzene rings is 1. The fourth-order valence-corrected chi connectivity index (χ4v) is 3.32. The number of fused-ring (bicyclic) bond motifs is 1. The van der Waals surface area contributed by atoms with Crippen molar-refractivity contribution in [1.82, 2.24) is 9.55 Å². The summed E-state index contributed by atoms with van der Waals surface area (Å²) in [5.41, 5.74) is 3.09. The first-order valence-corrected chi connectivity index (χ1v) is 8.53. The Labute approximate surface area is 151 Å². The van der Waals surface area contributed by atoms with Crippen molar-refractivity contribution in [2.24, 2.45) is 5.10 Å². The largest absolute Gasteiger partial charge is 0.477 e. The lowest BCUT2D eigenvalue weighted by Crippen LogP contribution is -2.37. The third-order valence-corrected chi connectivity index (χ3v) is 4.69. The van der Waals surface area contributed by atoms with Gasteiger partial charge in [-0.2, -0.15) is 5.10 Å². The molecule has 3 rings (SSSR count). The number of rotatable bonds is 3. The van der Waals surface area contributed by atoms with Crippen LogP contribution < -0.4 is 10.6 Å². The molecule has 0 radical (unpaired) electrons. The maximum absolute atomic E-state index is 12.5. The van der Waals surface area contributed by atoms with E-state index in [0.717, 1.165) is 17.4 Å². The molecule has 0 saturated carbocycles. The Morgan fingerprint density at radius 2 is 2.12 bits per heavy atom. The average molecular weight is 354 g/mol. The Bertz CT molecular complexity index is 962. The topological polar surface area (TPSA) is 87.8 Å². The molecule has 136 valence electrons. The van der Waals surface area contributed by atoms with Crippen LogP contribution in [0.2, 0.25) is 0 Å². The van der Waals surface area contributed by atoms with E-state index in [1.165, 1.54) is 10.1 Å². The molecule has 0 spiro atoms. The first-order chi connectivity index (χ1) is 12.3. The van der Waals surface area contributed by atoms with Gasteiger partial charge in [-0.25, -0.2) is 9.78 Å². The monoisotopic (exact) mass is 354 g/mol.